The molecule has 0 spiro atoms. The number of likely N-dealkylation sites (tertiary alicyclic amines) is 1. The topological polar surface area (TPSA) is 82.1 Å². The second kappa shape index (κ2) is 10.1. The second-order valence-electron chi connectivity index (χ2n) is 8.52. The SMILES string of the molecule is CC1Oc2ccccc2N(CCC(=O)NCc2ccccc2CN2CCC(O)CC2)C1=O. The monoisotopic (exact) mass is 437 g/mol. The maximum atomic E-state index is 12.6. The van der Waals surface area contributed by atoms with Gasteiger partial charge < -0.3 is 20.1 Å². The van der Waals surface area contributed by atoms with Crippen molar-refractivity contribution in [3.05, 3.63) is 59.7 Å². The van der Waals surface area contributed by atoms with Crippen molar-refractivity contribution in [2.75, 3.05) is 24.5 Å². The fourth-order valence-corrected chi connectivity index (χ4v) is 4.29. The molecule has 2 aliphatic heterocycles. The lowest BCUT2D eigenvalue weighted by Crippen LogP contribution is -2.45. The van der Waals surface area contributed by atoms with Crippen LogP contribution in [0.15, 0.2) is 48.5 Å². The first-order valence-corrected chi connectivity index (χ1v) is 11.3. The smallest absolute Gasteiger partial charge is 0.267 e. The van der Waals surface area contributed by atoms with Gasteiger partial charge >= 0.3 is 0 Å². The van der Waals surface area contributed by atoms with Crippen molar-refractivity contribution in [3.8, 4) is 5.75 Å². The number of nitrogens with zero attached hydrogens (tertiary/aromatic N) is 2. The standard InChI is InChI=1S/C25H31N3O4/c1-18-25(31)28(22-8-4-5-9-23(22)32-18)15-12-24(30)26-16-19-6-2-3-7-20(19)17-27-13-10-21(29)11-14-27/h2-9,18,21,29H,10-17H2,1H3,(H,26,30). The van der Waals surface area contributed by atoms with Crippen molar-refractivity contribution >= 4 is 17.5 Å². The Kier molecular flexibility index (Phi) is 7.07. The summed E-state index contributed by atoms with van der Waals surface area (Å²) in [6.45, 7) is 5.08. The van der Waals surface area contributed by atoms with Gasteiger partial charge in [0.05, 0.1) is 11.8 Å². The molecule has 7 nitrogen and oxygen atoms in total. The molecule has 2 amide bonds. The number of nitrogens with one attached hydrogen (secondary N) is 1. The highest BCUT2D eigenvalue weighted by Gasteiger charge is 2.31. The highest BCUT2D eigenvalue weighted by atomic mass is 16.5. The number of rotatable bonds is 7. The zero-order chi connectivity index (χ0) is 22.5. The normalized spacial score (nSPS) is 19.4. The number of carbonyl (C=O) groups is 2. The molecule has 32 heavy (non-hydrogen) atoms. The third-order valence-corrected chi connectivity index (χ3v) is 6.18. The first kappa shape index (κ1) is 22.3. The van der Waals surface area contributed by atoms with E-state index in [0.717, 1.165) is 38.0 Å². The summed E-state index contributed by atoms with van der Waals surface area (Å²) in [7, 11) is 0. The summed E-state index contributed by atoms with van der Waals surface area (Å²) in [5.74, 6) is 0.443. The first-order valence-electron chi connectivity index (χ1n) is 11.3. The van der Waals surface area contributed by atoms with Gasteiger partial charge in [-0.15, -0.1) is 0 Å². The molecule has 1 unspecified atom stereocenters. The Hall–Kier alpha value is -2.90. The molecular weight excluding hydrogens is 406 g/mol. The van der Waals surface area contributed by atoms with Crippen LogP contribution in [0.2, 0.25) is 0 Å². The van der Waals surface area contributed by atoms with Crippen molar-refractivity contribution in [2.24, 2.45) is 0 Å². The number of para-hydroxylation sites is 2. The molecule has 2 N–H and O–H groups in total. The molecule has 2 aromatic carbocycles. The Bertz CT molecular complexity index is 956. The second-order valence-corrected chi connectivity index (χ2v) is 8.52. The molecule has 0 bridgehead atoms. The maximum Gasteiger partial charge on any atom is 0.267 e. The molecule has 2 aromatic rings. The van der Waals surface area contributed by atoms with E-state index in [1.807, 2.05) is 42.5 Å². The van der Waals surface area contributed by atoms with E-state index in [9.17, 15) is 14.7 Å². The van der Waals surface area contributed by atoms with Crippen molar-refractivity contribution in [1.82, 2.24) is 10.2 Å². The third kappa shape index (κ3) is 5.29. The number of aliphatic hydroxyl groups excluding tert-OH is 1. The molecule has 7 heteroatoms. The van der Waals surface area contributed by atoms with Crippen LogP contribution in [-0.4, -0.2) is 53.7 Å². The summed E-state index contributed by atoms with van der Waals surface area (Å²) in [6, 6.07) is 15.5. The number of carbonyl (C=O) groups excluding carboxylic acids is 2. The molecule has 2 heterocycles. The number of anilines is 1. The van der Waals surface area contributed by atoms with Crippen molar-refractivity contribution < 1.29 is 19.4 Å². The summed E-state index contributed by atoms with van der Waals surface area (Å²) in [5.41, 5.74) is 2.99. The lowest BCUT2D eigenvalue weighted by Gasteiger charge is -2.32. The summed E-state index contributed by atoms with van der Waals surface area (Å²) in [5, 5.41) is 12.7. The van der Waals surface area contributed by atoms with Crippen LogP contribution in [0.5, 0.6) is 5.75 Å². The predicted octanol–water partition coefficient (Wildman–Crippen LogP) is 2.46. The van der Waals surface area contributed by atoms with Gasteiger partial charge in [0.1, 0.15) is 5.75 Å². The molecule has 170 valence electrons. The van der Waals surface area contributed by atoms with Gasteiger partial charge in [0.25, 0.3) is 5.91 Å². The minimum absolute atomic E-state index is 0.0923. The number of fused-ring (bicyclic) bond motifs is 1. The Labute approximate surface area is 189 Å². The van der Waals surface area contributed by atoms with Crippen LogP contribution in [-0.2, 0) is 22.7 Å². The van der Waals surface area contributed by atoms with Gasteiger partial charge in [0, 0.05) is 39.1 Å². The zero-order valence-corrected chi connectivity index (χ0v) is 18.5. The number of amides is 2. The van der Waals surface area contributed by atoms with Crippen molar-refractivity contribution in [2.45, 2.75) is 51.5 Å². The molecule has 1 atom stereocenters. The number of hydrogen-bond donors (Lipinski definition) is 2. The molecule has 4 rings (SSSR count). The Morgan fingerprint density at radius 1 is 1.09 bits per heavy atom. The van der Waals surface area contributed by atoms with Crippen LogP contribution in [0.3, 0.4) is 0 Å². The minimum Gasteiger partial charge on any atom is -0.479 e. The number of hydrogen-bond acceptors (Lipinski definition) is 5. The predicted molar refractivity (Wildman–Crippen MR) is 122 cm³/mol. The van der Waals surface area contributed by atoms with Gasteiger partial charge in [-0.1, -0.05) is 36.4 Å². The lowest BCUT2D eigenvalue weighted by molar-refractivity contribution is -0.125. The summed E-state index contributed by atoms with van der Waals surface area (Å²) in [4.78, 5) is 29.1. The van der Waals surface area contributed by atoms with Gasteiger partial charge in [-0.05, 0) is 43.0 Å². The van der Waals surface area contributed by atoms with Crippen LogP contribution in [0.25, 0.3) is 0 Å². The van der Waals surface area contributed by atoms with Crippen LogP contribution in [0.1, 0.15) is 37.3 Å². The molecule has 1 saturated heterocycles. The average molecular weight is 438 g/mol. The van der Waals surface area contributed by atoms with Gasteiger partial charge in [0.2, 0.25) is 5.91 Å². The maximum absolute atomic E-state index is 12.6. The molecule has 1 fully saturated rings. The molecular formula is C25H31N3O4. The molecule has 0 aromatic heterocycles. The summed E-state index contributed by atoms with van der Waals surface area (Å²) in [6.07, 6.45) is 1.09. The lowest BCUT2D eigenvalue weighted by atomic mass is 10.0. The molecule has 2 aliphatic rings. The van der Waals surface area contributed by atoms with Gasteiger partial charge in [0.15, 0.2) is 6.10 Å². The highest BCUT2D eigenvalue weighted by molar-refractivity contribution is 6.00. The van der Waals surface area contributed by atoms with E-state index in [1.165, 1.54) is 5.56 Å². The fraction of sp³-hybridized carbons (Fsp3) is 0.440. The van der Waals surface area contributed by atoms with Crippen molar-refractivity contribution in [3.63, 3.8) is 0 Å². The summed E-state index contributed by atoms with van der Waals surface area (Å²) < 4.78 is 5.66. The molecule has 0 radical (unpaired) electrons. The molecule has 0 aliphatic carbocycles. The van der Waals surface area contributed by atoms with Crippen LogP contribution in [0.4, 0.5) is 5.69 Å². The van der Waals surface area contributed by atoms with Crippen LogP contribution < -0.4 is 15.0 Å². The Balaban J connectivity index is 1.32. The zero-order valence-electron chi connectivity index (χ0n) is 18.5. The quantitative estimate of drug-likeness (QED) is 0.696. The number of piperidine rings is 1. The minimum atomic E-state index is -0.560. The van der Waals surface area contributed by atoms with Gasteiger partial charge in [-0.25, -0.2) is 0 Å². The van der Waals surface area contributed by atoms with E-state index >= 15 is 0 Å². The largest absolute Gasteiger partial charge is 0.479 e. The number of benzene rings is 2. The van der Waals surface area contributed by atoms with E-state index in [1.54, 1.807) is 11.8 Å². The first-order chi connectivity index (χ1) is 15.5. The number of ether oxygens (including phenoxy) is 1. The van der Waals surface area contributed by atoms with Gasteiger partial charge in [-0.3, -0.25) is 14.5 Å². The number of aliphatic hydroxyl groups is 1. The van der Waals surface area contributed by atoms with Gasteiger partial charge in [-0.2, -0.15) is 0 Å². The van der Waals surface area contributed by atoms with E-state index < -0.39 is 6.10 Å². The van der Waals surface area contributed by atoms with E-state index in [-0.39, 0.29) is 24.3 Å². The third-order valence-electron chi connectivity index (χ3n) is 6.18. The van der Waals surface area contributed by atoms with Crippen LogP contribution in [0, 0.1) is 0 Å². The van der Waals surface area contributed by atoms with Crippen molar-refractivity contribution in [1.29, 1.82) is 0 Å². The van der Waals surface area contributed by atoms with Crippen LogP contribution >= 0.6 is 0 Å². The van der Waals surface area contributed by atoms with E-state index in [4.69, 9.17) is 4.74 Å². The highest BCUT2D eigenvalue weighted by Crippen LogP contribution is 2.33. The molecule has 0 saturated carbocycles. The summed E-state index contributed by atoms with van der Waals surface area (Å²) >= 11 is 0. The average Bonchev–Trinajstić information content (AvgIpc) is 2.80. The Morgan fingerprint density at radius 2 is 1.78 bits per heavy atom. The fourth-order valence-electron chi connectivity index (χ4n) is 4.29. The van der Waals surface area contributed by atoms with E-state index in [2.05, 4.69) is 16.3 Å². The Morgan fingerprint density at radius 3 is 2.56 bits per heavy atom. The van der Waals surface area contributed by atoms with E-state index in [0.29, 0.717) is 24.5 Å².